The van der Waals surface area contributed by atoms with Crippen molar-refractivity contribution < 1.29 is 14.3 Å². The van der Waals surface area contributed by atoms with Crippen molar-refractivity contribution in [2.75, 3.05) is 20.3 Å². The second kappa shape index (κ2) is 5.42. The van der Waals surface area contributed by atoms with Crippen LogP contribution < -0.4 is 5.73 Å². The van der Waals surface area contributed by atoms with Gasteiger partial charge in [-0.1, -0.05) is 0 Å². The molecule has 0 spiro atoms. The number of rotatable bonds is 3. The molecule has 1 heterocycles. The van der Waals surface area contributed by atoms with Gasteiger partial charge in [0.2, 0.25) is 0 Å². The number of hydrogen-bond acceptors (Lipinski definition) is 4. The number of carbonyl (C=O) groups excluding carboxylic acids is 1. The number of esters is 1. The number of methoxy groups -OCH3 is 1. The van der Waals surface area contributed by atoms with Crippen LogP contribution in [0.25, 0.3) is 0 Å². The standard InChI is InChI=1S/C8H15NO3.ClH/c1-11-7(10)2-3-8(9)4-5-12-6-8;/h2-6,9H2,1H3;1H. The van der Waals surface area contributed by atoms with Crippen LogP contribution in [0.5, 0.6) is 0 Å². The van der Waals surface area contributed by atoms with Crippen molar-refractivity contribution in [1.82, 2.24) is 0 Å². The first-order valence-electron chi connectivity index (χ1n) is 4.10. The van der Waals surface area contributed by atoms with E-state index < -0.39 is 0 Å². The first-order chi connectivity index (χ1) is 5.66. The highest BCUT2D eigenvalue weighted by Crippen LogP contribution is 2.20. The van der Waals surface area contributed by atoms with E-state index in [1.165, 1.54) is 7.11 Å². The van der Waals surface area contributed by atoms with Crippen LogP contribution >= 0.6 is 12.4 Å². The summed E-state index contributed by atoms with van der Waals surface area (Å²) in [5.41, 5.74) is 5.63. The summed E-state index contributed by atoms with van der Waals surface area (Å²) in [6, 6.07) is 0. The SMILES string of the molecule is COC(=O)CCC1(N)CCOC1.Cl. The fourth-order valence-electron chi connectivity index (χ4n) is 1.27. The van der Waals surface area contributed by atoms with Crippen LogP contribution in [0.4, 0.5) is 0 Å². The minimum Gasteiger partial charge on any atom is -0.469 e. The quantitative estimate of drug-likeness (QED) is 0.687. The molecule has 0 aromatic heterocycles. The minimum absolute atomic E-state index is 0. The van der Waals surface area contributed by atoms with E-state index in [2.05, 4.69) is 4.74 Å². The second-order valence-corrected chi connectivity index (χ2v) is 3.24. The summed E-state index contributed by atoms with van der Waals surface area (Å²) < 4.78 is 9.67. The smallest absolute Gasteiger partial charge is 0.305 e. The van der Waals surface area contributed by atoms with Crippen molar-refractivity contribution in [2.24, 2.45) is 5.73 Å². The summed E-state index contributed by atoms with van der Waals surface area (Å²) in [6.07, 6.45) is 1.88. The van der Waals surface area contributed by atoms with Crippen molar-refractivity contribution in [3.8, 4) is 0 Å². The average molecular weight is 210 g/mol. The molecule has 0 aliphatic carbocycles. The highest BCUT2D eigenvalue weighted by atomic mass is 35.5. The third-order valence-electron chi connectivity index (χ3n) is 2.19. The summed E-state index contributed by atoms with van der Waals surface area (Å²) in [6.45, 7) is 1.27. The number of carbonyl (C=O) groups is 1. The highest BCUT2D eigenvalue weighted by Gasteiger charge is 2.30. The molecule has 0 bridgehead atoms. The lowest BCUT2D eigenvalue weighted by Crippen LogP contribution is -2.40. The summed E-state index contributed by atoms with van der Waals surface area (Å²) in [5, 5.41) is 0. The molecule has 0 radical (unpaired) electrons. The number of halogens is 1. The van der Waals surface area contributed by atoms with Gasteiger partial charge in [-0.3, -0.25) is 4.79 Å². The normalized spacial score (nSPS) is 26.6. The van der Waals surface area contributed by atoms with Crippen LogP contribution in [0.15, 0.2) is 0 Å². The molecule has 13 heavy (non-hydrogen) atoms. The topological polar surface area (TPSA) is 61.5 Å². The largest absolute Gasteiger partial charge is 0.469 e. The zero-order valence-electron chi connectivity index (χ0n) is 7.75. The number of ether oxygens (including phenoxy) is 2. The molecule has 1 saturated heterocycles. The van der Waals surface area contributed by atoms with Gasteiger partial charge in [-0.2, -0.15) is 0 Å². The first-order valence-corrected chi connectivity index (χ1v) is 4.10. The third-order valence-corrected chi connectivity index (χ3v) is 2.19. The molecule has 2 N–H and O–H groups in total. The monoisotopic (exact) mass is 209 g/mol. The van der Waals surface area contributed by atoms with E-state index in [1.807, 2.05) is 0 Å². The van der Waals surface area contributed by atoms with Crippen molar-refractivity contribution in [3.63, 3.8) is 0 Å². The van der Waals surface area contributed by atoms with Gasteiger partial charge in [0, 0.05) is 18.6 Å². The van der Waals surface area contributed by atoms with Gasteiger partial charge in [-0.05, 0) is 12.8 Å². The van der Waals surface area contributed by atoms with E-state index >= 15 is 0 Å². The molecule has 1 aliphatic heterocycles. The Morgan fingerprint density at radius 3 is 2.85 bits per heavy atom. The number of nitrogens with two attached hydrogens (primary N) is 1. The lowest BCUT2D eigenvalue weighted by atomic mass is 9.94. The molecule has 78 valence electrons. The summed E-state index contributed by atoms with van der Waals surface area (Å²) in [4.78, 5) is 10.8. The van der Waals surface area contributed by atoms with Crippen LogP contribution in [-0.4, -0.2) is 31.8 Å². The molecule has 0 amide bonds. The van der Waals surface area contributed by atoms with Gasteiger partial charge in [-0.25, -0.2) is 0 Å². The predicted molar refractivity (Wildman–Crippen MR) is 50.9 cm³/mol. The van der Waals surface area contributed by atoms with Crippen molar-refractivity contribution in [1.29, 1.82) is 0 Å². The lowest BCUT2D eigenvalue weighted by molar-refractivity contribution is -0.141. The zero-order valence-corrected chi connectivity index (χ0v) is 8.56. The molecule has 5 heteroatoms. The maximum Gasteiger partial charge on any atom is 0.305 e. The van der Waals surface area contributed by atoms with Gasteiger partial charge in [0.05, 0.1) is 13.7 Å². The first kappa shape index (κ1) is 12.7. The van der Waals surface area contributed by atoms with Crippen LogP contribution in [0.2, 0.25) is 0 Å². The van der Waals surface area contributed by atoms with E-state index in [1.54, 1.807) is 0 Å². The maximum absolute atomic E-state index is 10.8. The Morgan fingerprint density at radius 2 is 2.38 bits per heavy atom. The molecular weight excluding hydrogens is 194 g/mol. The van der Waals surface area contributed by atoms with Crippen LogP contribution in [-0.2, 0) is 14.3 Å². The van der Waals surface area contributed by atoms with Gasteiger partial charge < -0.3 is 15.2 Å². The van der Waals surface area contributed by atoms with E-state index in [9.17, 15) is 4.79 Å². The Morgan fingerprint density at radius 1 is 1.69 bits per heavy atom. The summed E-state index contributed by atoms with van der Waals surface area (Å²) >= 11 is 0. The van der Waals surface area contributed by atoms with Crippen molar-refractivity contribution in [2.45, 2.75) is 24.8 Å². The van der Waals surface area contributed by atoms with E-state index in [-0.39, 0.29) is 23.9 Å². The van der Waals surface area contributed by atoms with Crippen LogP contribution in [0, 0.1) is 0 Å². The van der Waals surface area contributed by atoms with Gasteiger partial charge >= 0.3 is 5.97 Å². The fourth-order valence-corrected chi connectivity index (χ4v) is 1.27. The Hall–Kier alpha value is -0.320. The predicted octanol–water partition coefficient (Wildman–Crippen LogP) is 0.479. The van der Waals surface area contributed by atoms with Crippen LogP contribution in [0.3, 0.4) is 0 Å². The molecule has 4 nitrogen and oxygen atoms in total. The molecule has 0 aromatic rings. The molecule has 1 atom stereocenters. The Kier molecular flexibility index (Phi) is 5.29. The minimum atomic E-state index is -0.297. The maximum atomic E-state index is 10.8. The van der Waals surface area contributed by atoms with E-state index in [0.717, 1.165) is 6.42 Å². The van der Waals surface area contributed by atoms with Gasteiger partial charge in [0.25, 0.3) is 0 Å². The molecule has 1 rings (SSSR count). The Bertz CT molecular complexity index is 169. The highest BCUT2D eigenvalue weighted by molar-refractivity contribution is 5.85. The second-order valence-electron chi connectivity index (χ2n) is 3.24. The van der Waals surface area contributed by atoms with Crippen LogP contribution in [0.1, 0.15) is 19.3 Å². The zero-order chi connectivity index (χ0) is 9.03. The van der Waals surface area contributed by atoms with Gasteiger partial charge in [0.15, 0.2) is 0 Å². The molecule has 0 aromatic carbocycles. The molecule has 1 unspecified atom stereocenters. The van der Waals surface area contributed by atoms with Gasteiger partial charge in [-0.15, -0.1) is 12.4 Å². The molecular formula is C8H16ClNO3. The Balaban J connectivity index is 0.00000144. The molecule has 1 fully saturated rings. The van der Waals surface area contributed by atoms with E-state index in [0.29, 0.717) is 26.1 Å². The van der Waals surface area contributed by atoms with Crippen molar-refractivity contribution in [3.05, 3.63) is 0 Å². The number of hydrogen-bond donors (Lipinski definition) is 1. The Labute approximate surface area is 84.2 Å². The van der Waals surface area contributed by atoms with Gasteiger partial charge in [0.1, 0.15) is 0 Å². The molecule has 0 saturated carbocycles. The molecule has 1 aliphatic rings. The van der Waals surface area contributed by atoms with E-state index in [4.69, 9.17) is 10.5 Å². The average Bonchev–Trinajstić information content (AvgIpc) is 2.49. The third kappa shape index (κ3) is 3.93. The summed E-state index contributed by atoms with van der Waals surface area (Å²) in [5.74, 6) is -0.202. The summed E-state index contributed by atoms with van der Waals surface area (Å²) in [7, 11) is 1.39. The fraction of sp³-hybridized carbons (Fsp3) is 0.875. The van der Waals surface area contributed by atoms with Crippen molar-refractivity contribution >= 4 is 18.4 Å². The lowest BCUT2D eigenvalue weighted by Gasteiger charge is -2.20.